The molecule has 0 radical (unpaired) electrons. The highest BCUT2D eigenvalue weighted by molar-refractivity contribution is 7.89. The fourth-order valence-electron chi connectivity index (χ4n) is 4.95. The standard InChI is InChI=1S/C30H25ClF3NO7S/c31-24-9-4-8-22-25(36)17-27(42-28(22)24)23-11-10-19(30(32,33)34)16-26(23)41-13-5-12-35(20-14-18(15-20)29(37)38)43(39,40)21-6-2-1-3-7-21/h1-4,6-11,16-18,20H,5,12-15H2,(H,37,38)/t18-,20-. The van der Waals surface area contributed by atoms with Gasteiger partial charge in [0, 0.05) is 18.7 Å². The summed E-state index contributed by atoms with van der Waals surface area (Å²) in [5.74, 6) is -1.95. The number of para-hydroxylation sites is 1. The van der Waals surface area contributed by atoms with E-state index in [4.69, 9.17) is 20.8 Å². The highest BCUT2D eigenvalue weighted by Gasteiger charge is 2.42. The summed E-state index contributed by atoms with van der Waals surface area (Å²) in [6.45, 7) is -0.258. The molecule has 1 saturated carbocycles. The maximum absolute atomic E-state index is 13.6. The van der Waals surface area contributed by atoms with Crippen LogP contribution in [0, 0.1) is 5.92 Å². The van der Waals surface area contributed by atoms with Gasteiger partial charge in [0.05, 0.1) is 39.0 Å². The molecular formula is C30H25ClF3NO7S. The molecular weight excluding hydrogens is 611 g/mol. The number of sulfonamides is 1. The molecule has 0 aliphatic heterocycles. The van der Waals surface area contributed by atoms with Crippen LogP contribution < -0.4 is 10.2 Å². The molecule has 1 aliphatic carbocycles. The predicted molar refractivity (Wildman–Crippen MR) is 153 cm³/mol. The van der Waals surface area contributed by atoms with Crippen LogP contribution in [0.1, 0.15) is 24.8 Å². The molecule has 0 atom stereocenters. The van der Waals surface area contributed by atoms with Crippen molar-refractivity contribution in [3.8, 4) is 17.1 Å². The zero-order chi connectivity index (χ0) is 30.9. The van der Waals surface area contributed by atoms with Gasteiger partial charge in [0.1, 0.15) is 11.5 Å². The number of carboxylic acids is 1. The number of hydrogen-bond donors (Lipinski definition) is 1. The summed E-state index contributed by atoms with van der Waals surface area (Å²) in [4.78, 5) is 24.1. The Morgan fingerprint density at radius 1 is 1.05 bits per heavy atom. The third-order valence-electron chi connectivity index (χ3n) is 7.28. The molecule has 1 N–H and O–H groups in total. The van der Waals surface area contributed by atoms with Crippen LogP contribution in [0.3, 0.4) is 0 Å². The van der Waals surface area contributed by atoms with Crippen molar-refractivity contribution in [2.75, 3.05) is 13.2 Å². The van der Waals surface area contributed by atoms with E-state index in [2.05, 4.69) is 0 Å². The maximum atomic E-state index is 13.6. The van der Waals surface area contributed by atoms with Gasteiger partial charge in [-0.2, -0.15) is 17.5 Å². The third kappa shape index (κ3) is 6.41. The van der Waals surface area contributed by atoms with Crippen molar-refractivity contribution in [1.82, 2.24) is 4.31 Å². The van der Waals surface area contributed by atoms with E-state index in [0.29, 0.717) is 0 Å². The SMILES string of the molecule is O=c1cc(-c2ccc(C(F)(F)F)cc2OCCCN([C@H]2C[C@H](C(=O)O)C2)S(=O)(=O)c2ccccc2)oc2c(Cl)cccc12. The van der Waals surface area contributed by atoms with Crippen molar-refractivity contribution in [1.29, 1.82) is 0 Å². The average molecular weight is 636 g/mol. The summed E-state index contributed by atoms with van der Waals surface area (Å²) < 4.78 is 80.4. The highest BCUT2D eigenvalue weighted by Crippen LogP contribution is 2.39. The number of ether oxygens (including phenoxy) is 1. The molecule has 4 aromatic rings. The van der Waals surface area contributed by atoms with Crippen LogP contribution in [0.15, 0.2) is 86.9 Å². The van der Waals surface area contributed by atoms with Crippen molar-refractivity contribution < 1.29 is 40.6 Å². The van der Waals surface area contributed by atoms with Crippen molar-refractivity contribution in [3.05, 3.63) is 93.6 Å². The van der Waals surface area contributed by atoms with Crippen LogP contribution in [0.25, 0.3) is 22.3 Å². The first-order valence-electron chi connectivity index (χ1n) is 13.2. The number of carboxylic acid groups (broad SMARTS) is 1. The quantitative estimate of drug-likeness (QED) is 0.199. The summed E-state index contributed by atoms with van der Waals surface area (Å²) in [7, 11) is -3.99. The van der Waals surface area contributed by atoms with Gasteiger partial charge in [-0.25, -0.2) is 8.42 Å². The van der Waals surface area contributed by atoms with E-state index in [1.54, 1.807) is 24.3 Å². The molecule has 226 valence electrons. The molecule has 1 heterocycles. The predicted octanol–water partition coefficient (Wildman–Crippen LogP) is 6.46. The first kappa shape index (κ1) is 30.6. The molecule has 43 heavy (non-hydrogen) atoms. The molecule has 0 bridgehead atoms. The number of carbonyl (C=O) groups is 1. The average Bonchev–Trinajstić information content (AvgIpc) is 2.93. The minimum atomic E-state index is -4.68. The van der Waals surface area contributed by atoms with Crippen molar-refractivity contribution in [2.45, 2.75) is 36.4 Å². The summed E-state index contributed by atoms with van der Waals surface area (Å²) >= 11 is 6.20. The van der Waals surface area contributed by atoms with Gasteiger partial charge in [0.2, 0.25) is 10.0 Å². The van der Waals surface area contributed by atoms with Gasteiger partial charge < -0.3 is 14.3 Å². The zero-order valence-electron chi connectivity index (χ0n) is 22.4. The zero-order valence-corrected chi connectivity index (χ0v) is 24.0. The van der Waals surface area contributed by atoms with Gasteiger partial charge in [-0.05, 0) is 61.7 Å². The maximum Gasteiger partial charge on any atom is 0.416 e. The third-order valence-corrected chi connectivity index (χ3v) is 9.54. The summed E-state index contributed by atoms with van der Waals surface area (Å²) in [5.41, 5.74) is -1.30. The molecule has 0 spiro atoms. The second kappa shape index (κ2) is 12.0. The lowest BCUT2D eigenvalue weighted by Gasteiger charge is -2.40. The van der Waals surface area contributed by atoms with Crippen LogP contribution in [0.5, 0.6) is 5.75 Å². The Morgan fingerprint density at radius 2 is 1.77 bits per heavy atom. The minimum Gasteiger partial charge on any atom is -0.493 e. The van der Waals surface area contributed by atoms with E-state index >= 15 is 0 Å². The number of alkyl halides is 3. The molecule has 1 fully saturated rings. The Bertz CT molecular complexity index is 1820. The van der Waals surface area contributed by atoms with E-state index < -0.39 is 45.1 Å². The number of benzene rings is 3. The molecule has 5 rings (SSSR count). The lowest BCUT2D eigenvalue weighted by Crippen LogP contribution is -2.50. The van der Waals surface area contributed by atoms with Crippen LogP contribution in [0.4, 0.5) is 13.2 Å². The monoisotopic (exact) mass is 635 g/mol. The Kier molecular flexibility index (Phi) is 8.55. The molecule has 0 unspecified atom stereocenters. The molecule has 13 heteroatoms. The number of nitrogens with zero attached hydrogens (tertiary/aromatic N) is 1. The van der Waals surface area contributed by atoms with Gasteiger partial charge in [-0.1, -0.05) is 35.9 Å². The number of hydrogen-bond acceptors (Lipinski definition) is 6. The normalized spacial score (nSPS) is 17.1. The van der Waals surface area contributed by atoms with Crippen LogP contribution in [-0.2, 0) is 21.0 Å². The van der Waals surface area contributed by atoms with E-state index in [9.17, 15) is 36.3 Å². The van der Waals surface area contributed by atoms with Gasteiger partial charge in [0.15, 0.2) is 11.0 Å². The lowest BCUT2D eigenvalue weighted by molar-refractivity contribution is -0.146. The van der Waals surface area contributed by atoms with Crippen molar-refractivity contribution in [3.63, 3.8) is 0 Å². The van der Waals surface area contributed by atoms with E-state index in [1.807, 2.05) is 0 Å². The Morgan fingerprint density at radius 3 is 2.44 bits per heavy atom. The largest absolute Gasteiger partial charge is 0.493 e. The van der Waals surface area contributed by atoms with Crippen LogP contribution in [-0.4, -0.2) is 43.0 Å². The molecule has 0 amide bonds. The molecule has 1 aromatic heterocycles. The van der Waals surface area contributed by atoms with Crippen molar-refractivity contribution in [2.24, 2.45) is 5.92 Å². The van der Waals surface area contributed by atoms with Crippen LogP contribution in [0.2, 0.25) is 5.02 Å². The smallest absolute Gasteiger partial charge is 0.416 e. The Balaban J connectivity index is 1.40. The fourth-order valence-corrected chi connectivity index (χ4v) is 6.87. The molecule has 8 nitrogen and oxygen atoms in total. The molecule has 1 aliphatic rings. The minimum absolute atomic E-state index is 0.0415. The second-order valence-electron chi connectivity index (χ2n) is 10.1. The van der Waals surface area contributed by atoms with Gasteiger partial charge >= 0.3 is 12.1 Å². The van der Waals surface area contributed by atoms with Crippen molar-refractivity contribution >= 4 is 38.6 Å². The molecule has 0 saturated heterocycles. The van der Waals surface area contributed by atoms with Crippen LogP contribution >= 0.6 is 11.6 Å². The lowest BCUT2D eigenvalue weighted by atomic mass is 9.80. The van der Waals surface area contributed by atoms with Gasteiger partial charge in [0.25, 0.3) is 0 Å². The second-order valence-corrected chi connectivity index (χ2v) is 12.4. The first-order valence-corrected chi connectivity index (χ1v) is 15.0. The summed E-state index contributed by atoms with van der Waals surface area (Å²) in [6.07, 6.45) is -4.33. The number of fused-ring (bicyclic) bond motifs is 1. The van der Waals surface area contributed by atoms with Gasteiger partial charge in [-0.3, -0.25) is 9.59 Å². The number of aliphatic carboxylic acids is 1. The van der Waals surface area contributed by atoms with E-state index in [0.717, 1.165) is 24.3 Å². The van der Waals surface area contributed by atoms with E-state index in [-0.39, 0.29) is 70.4 Å². The first-order chi connectivity index (χ1) is 20.4. The topological polar surface area (TPSA) is 114 Å². The molecule has 3 aromatic carbocycles. The highest BCUT2D eigenvalue weighted by atomic mass is 35.5. The Hall–Kier alpha value is -3.87. The fraction of sp³-hybridized carbons (Fsp3) is 0.267. The number of rotatable bonds is 10. The number of halogens is 4. The van der Waals surface area contributed by atoms with E-state index in [1.165, 1.54) is 28.6 Å². The summed E-state index contributed by atoms with van der Waals surface area (Å²) in [5, 5.41) is 9.63. The summed E-state index contributed by atoms with van der Waals surface area (Å²) in [6, 6.07) is 15.6. The van der Waals surface area contributed by atoms with Gasteiger partial charge in [-0.15, -0.1) is 0 Å². The Labute approximate surface area is 249 Å².